The number of aromatic nitrogens is 2. The summed E-state index contributed by atoms with van der Waals surface area (Å²) in [6.45, 7) is 4.78. The number of methoxy groups -OCH3 is 1. The number of aryl methyl sites for hydroxylation is 1. The third-order valence-corrected chi connectivity index (χ3v) is 4.10. The molecule has 0 amide bonds. The van der Waals surface area contributed by atoms with Crippen LogP contribution < -0.4 is 5.32 Å². The number of aromatic amines is 1. The molecule has 1 aromatic carbocycles. The van der Waals surface area contributed by atoms with Gasteiger partial charge >= 0.3 is 5.97 Å². The maximum atomic E-state index is 11.6. The van der Waals surface area contributed by atoms with E-state index in [9.17, 15) is 4.79 Å². The van der Waals surface area contributed by atoms with Gasteiger partial charge in [-0.1, -0.05) is 24.8 Å². The molecule has 0 fully saturated rings. The number of hydrogen-bond donors (Lipinski definition) is 2. The van der Waals surface area contributed by atoms with Crippen LogP contribution in [0, 0.1) is 6.92 Å². The molecule has 1 heterocycles. The van der Waals surface area contributed by atoms with Gasteiger partial charge in [-0.05, 0) is 37.6 Å². The molecule has 1 atom stereocenters. The van der Waals surface area contributed by atoms with Crippen LogP contribution in [0.3, 0.4) is 0 Å². The molecule has 114 valence electrons. The molecule has 1 unspecified atom stereocenters. The van der Waals surface area contributed by atoms with Gasteiger partial charge in [-0.25, -0.2) is 4.98 Å². The number of imidazole rings is 1. The Labute approximate surface area is 128 Å². The predicted octanol–water partition coefficient (Wildman–Crippen LogP) is 2.50. The first kappa shape index (κ1) is 15.9. The van der Waals surface area contributed by atoms with Crippen LogP contribution in [-0.2, 0) is 9.53 Å². The van der Waals surface area contributed by atoms with Crippen LogP contribution in [0.15, 0.2) is 23.4 Å². The largest absolute Gasteiger partial charge is 0.468 e. The summed E-state index contributed by atoms with van der Waals surface area (Å²) in [5, 5.41) is 4.02. The number of rotatable bonds is 7. The molecule has 2 N–H and O–H groups in total. The van der Waals surface area contributed by atoms with Crippen LogP contribution in [0.25, 0.3) is 11.0 Å². The first-order chi connectivity index (χ1) is 10.1. The Morgan fingerprint density at radius 1 is 1.52 bits per heavy atom. The minimum atomic E-state index is -0.251. The van der Waals surface area contributed by atoms with E-state index in [1.54, 1.807) is 11.8 Å². The highest BCUT2D eigenvalue weighted by Gasteiger charge is 2.17. The number of fused-ring (bicyclic) bond motifs is 1. The second-order valence-electron chi connectivity index (χ2n) is 4.83. The molecular formula is C15H21N3O2S. The molecule has 0 saturated heterocycles. The fourth-order valence-corrected chi connectivity index (χ4v) is 3.03. The SMILES string of the molecule is CCNC(CCSc1nc2ccc(C)cc2[nH]1)C(=O)OC. The highest BCUT2D eigenvalue weighted by molar-refractivity contribution is 7.99. The van der Waals surface area contributed by atoms with Crippen molar-refractivity contribution in [3.8, 4) is 0 Å². The van der Waals surface area contributed by atoms with Crippen LogP contribution in [0.5, 0.6) is 0 Å². The summed E-state index contributed by atoms with van der Waals surface area (Å²) in [5.74, 6) is 0.587. The van der Waals surface area contributed by atoms with Gasteiger partial charge in [-0.3, -0.25) is 4.79 Å². The van der Waals surface area contributed by atoms with Crippen LogP contribution in [0.4, 0.5) is 0 Å². The highest BCUT2D eigenvalue weighted by Crippen LogP contribution is 2.21. The average molecular weight is 307 g/mol. The first-order valence-electron chi connectivity index (χ1n) is 7.04. The molecule has 6 heteroatoms. The number of thioether (sulfide) groups is 1. The van der Waals surface area contributed by atoms with E-state index in [1.165, 1.54) is 12.7 Å². The fraction of sp³-hybridized carbons (Fsp3) is 0.467. The maximum absolute atomic E-state index is 11.6. The smallest absolute Gasteiger partial charge is 0.322 e. The lowest BCUT2D eigenvalue weighted by molar-refractivity contribution is -0.143. The Bertz CT molecular complexity index is 612. The van der Waals surface area contributed by atoms with Gasteiger partial charge in [0.2, 0.25) is 0 Å². The standard InChI is InChI=1S/C15H21N3O2S/c1-4-16-12(14(19)20-3)7-8-21-15-17-11-6-5-10(2)9-13(11)18-15/h5-6,9,12,16H,4,7-8H2,1-3H3,(H,17,18). The Morgan fingerprint density at radius 2 is 2.33 bits per heavy atom. The van der Waals surface area contributed by atoms with Crippen LogP contribution >= 0.6 is 11.8 Å². The van der Waals surface area contributed by atoms with Crippen molar-refractivity contribution in [1.82, 2.24) is 15.3 Å². The molecule has 2 aromatic rings. The number of H-pyrrole nitrogens is 1. The molecule has 0 aliphatic rings. The highest BCUT2D eigenvalue weighted by atomic mass is 32.2. The van der Waals surface area contributed by atoms with E-state index in [1.807, 2.05) is 13.0 Å². The second-order valence-corrected chi connectivity index (χ2v) is 5.92. The van der Waals surface area contributed by atoms with Gasteiger partial charge in [0.1, 0.15) is 6.04 Å². The number of ether oxygens (including phenoxy) is 1. The predicted molar refractivity (Wildman–Crippen MR) is 85.7 cm³/mol. The van der Waals surface area contributed by atoms with Crippen molar-refractivity contribution in [1.29, 1.82) is 0 Å². The Balaban J connectivity index is 1.93. The average Bonchev–Trinajstić information content (AvgIpc) is 2.87. The second kappa shape index (κ2) is 7.47. The Kier molecular flexibility index (Phi) is 5.64. The number of hydrogen-bond acceptors (Lipinski definition) is 5. The molecule has 0 bridgehead atoms. The number of nitrogens with one attached hydrogen (secondary N) is 2. The van der Waals surface area contributed by atoms with E-state index in [-0.39, 0.29) is 12.0 Å². The Morgan fingerprint density at radius 3 is 3.05 bits per heavy atom. The Hall–Kier alpha value is -1.53. The minimum absolute atomic E-state index is 0.210. The number of benzene rings is 1. The van der Waals surface area contributed by atoms with Gasteiger partial charge in [0.05, 0.1) is 18.1 Å². The molecule has 1 aromatic heterocycles. The number of esters is 1. The zero-order valence-corrected chi connectivity index (χ0v) is 13.4. The zero-order chi connectivity index (χ0) is 15.2. The number of carbonyl (C=O) groups is 1. The molecule has 0 saturated carbocycles. The van der Waals surface area contributed by atoms with Crippen molar-refractivity contribution in [3.63, 3.8) is 0 Å². The van der Waals surface area contributed by atoms with Crippen molar-refractivity contribution < 1.29 is 9.53 Å². The maximum Gasteiger partial charge on any atom is 0.322 e. The van der Waals surface area contributed by atoms with Crippen LogP contribution in [0.1, 0.15) is 18.9 Å². The topological polar surface area (TPSA) is 67.0 Å². The van der Waals surface area contributed by atoms with Crippen molar-refractivity contribution in [2.45, 2.75) is 31.5 Å². The third-order valence-electron chi connectivity index (χ3n) is 3.20. The monoisotopic (exact) mass is 307 g/mol. The molecule has 5 nitrogen and oxygen atoms in total. The molecule has 0 aliphatic heterocycles. The molecule has 2 rings (SSSR count). The number of likely N-dealkylation sites (N-methyl/N-ethyl adjacent to an activating group) is 1. The minimum Gasteiger partial charge on any atom is -0.468 e. The summed E-state index contributed by atoms with van der Waals surface area (Å²) in [4.78, 5) is 19.4. The molecular weight excluding hydrogens is 286 g/mol. The van der Waals surface area contributed by atoms with Gasteiger partial charge in [0.25, 0.3) is 0 Å². The number of carbonyl (C=O) groups excluding carboxylic acids is 1. The van der Waals surface area contributed by atoms with E-state index in [0.29, 0.717) is 6.42 Å². The summed E-state index contributed by atoms with van der Waals surface area (Å²) >= 11 is 1.62. The molecule has 21 heavy (non-hydrogen) atoms. The van der Waals surface area contributed by atoms with Gasteiger partial charge < -0.3 is 15.0 Å². The quantitative estimate of drug-likeness (QED) is 0.608. The van der Waals surface area contributed by atoms with Gasteiger partial charge in [-0.15, -0.1) is 0 Å². The molecule has 0 radical (unpaired) electrons. The third kappa shape index (κ3) is 4.22. The van der Waals surface area contributed by atoms with Crippen molar-refractivity contribution in [3.05, 3.63) is 23.8 Å². The summed E-state index contributed by atoms with van der Waals surface area (Å²) in [5.41, 5.74) is 3.23. The summed E-state index contributed by atoms with van der Waals surface area (Å²) in [6, 6.07) is 5.90. The van der Waals surface area contributed by atoms with E-state index < -0.39 is 0 Å². The van der Waals surface area contributed by atoms with Crippen LogP contribution in [0.2, 0.25) is 0 Å². The molecule has 0 aliphatic carbocycles. The van der Waals surface area contributed by atoms with Crippen molar-refractivity contribution in [2.24, 2.45) is 0 Å². The normalized spacial score (nSPS) is 12.5. The molecule has 0 spiro atoms. The van der Waals surface area contributed by atoms with E-state index >= 15 is 0 Å². The van der Waals surface area contributed by atoms with Gasteiger partial charge in [0, 0.05) is 5.75 Å². The first-order valence-corrected chi connectivity index (χ1v) is 8.03. The zero-order valence-electron chi connectivity index (χ0n) is 12.6. The van der Waals surface area contributed by atoms with Crippen molar-refractivity contribution in [2.75, 3.05) is 19.4 Å². The summed E-state index contributed by atoms with van der Waals surface area (Å²) in [6.07, 6.45) is 0.710. The summed E-state index contributed by atoms with van der Waals surface area (Å²) < 4.78 is 4.79. The lowest BCUT2D eigenvalue weighted by Crippen LogP contribution is -2.37. The lowest BCUT2D eigenvalue weighted by atomic mass is 10.2. The van der Waals surface area contributed by atoms with Gasteiger partial charge in [0.15, 0.2) is 5.16 Å². The van der Waals surface area contributed by atoms with E-state index in [4.69, 9.17) is 4.74 Å². The van der Waals surface area contributed by atoms with Crippen molar-refractivity contribution >= 4 is 28.8 Å². The lowest BCUT2D eigenvalue weighted by Gasteiger charge is -2.14. The van der Waals surface area contributed by atoms with Gasteiger partial charge in [-0.2, -0.15) is 0 Å². The fourth-order valence-electron chi connectivity index (χ4n) is 2.13. The van der Waals surface area contributed by atoms with E-state index in [2.05, 4.69) is 34.3 Å². The summed E-state index contributed by atoms with van der Waals surface area (Å²) in [7, 11) is 1.42. The number of nitrogens with zero attached hydrogens (tertiary/aromatic N) is 1. The van der Waals surface area contributed by atoms with Crippen LogP contribution in [-0.4, -0.2) is 41.4 Å². The van der Waals surface area contributed by atoms with E-state index in [0.717, 1.165) is 28.5 Å².